The minimum Gasteiger partial charge on any atom is -0.367 e. The summed E-state index contributed by atoms with van der Waals surface area (Å²) < 4.78 is 41.6. The highest BCUT2D eigenvalue weighted by Gasteiger charge is 2.34. The fourth-order valence-electron chi connectivity index (χ4n) is 3.66. The maximum Gasteiger partial charge on any atom is 0.433 e. The lowest BCUT2D eigenvalue weighted by Crippen LogP contribution is -2.49. The Morgan fingerprint density at radius 1 is 1.10 bits per heavy atom. The number of hydrogen-bond acceptors (Lipinski definition) is 5. The maximum atomic E-state index is 13.3. The Kier molecular flexibility index (Phi) is 5.56. The number of amides is 1. The van der Waals surface area contributed by atoms with Crippen LogP contribution >= 0.6 is 0 Å². The van der Waals surface area contributed by atoms with Crippen molar-refractivity contribution in [2.75, 3.05) is 31.1 Å². The number of fused-ring (bicyclic) bond motifs is 1. The molecule has 3 heterocycles. The van der Waals surface area contributed by atoms with E-state index in [0.717, 1.165) is 6.07 Å². The first-order chi connectivity index (χ1) is 14.4. The first kappa shape index (κ1) is 20.1. The van der Waals surface area contributed by atoms with Crippen molar-refractivity contribution in [2.45, 2.75) is 25.6 Å². The maximum absolute atomic E-state index is 13.3. The van der Waals surface area contributed by atoms with Crippen molar-refractivity contribution >= 4 is 22.5 Å². The van der Waals surface area contributed by atoms with Gasteiger partial charge in [0.1, 0.15) is 18.3 Å². The molecule has 0 radical (unpaired) electrons. The summed E-state index contributed by atoms with van der Waals surface area (Å²) in [6.45, 7) is 2.51. The molecule has 0 saturated carbocycles. The molecule has 1 aromatic carbocycles. The zero-order valence-corrected chi connectivity index (χ0v) is 16.2. The lowest BCUT2D eigenvalue weighted by atomic mass is 10.1. The minimum atomic E-state index is -4.51. The van der Waals surface area contributed by atoms with Crippen LogP contribution in [0.4, 0.5) is 18.9 Å². The van der Waals surface area contributed by atoms with Gasteiger partial charge in [-0.2, -0.15) is 18.3 Å². The molecule has 1 saturated heterocycles. The van der Waals surface area contributed by atoms with Crippen molar-refractivity contribution in [1.82, 2.24) is 24.6 Å². The number of anilines is 1. The van der Waals surface area contributed by atoms with E-state index in [0.29, 0.717) is 62.2 Å². The topological polar surface area (TPSA) is 67.2 Å². The molecular formula is C20H21F3N6O. The number of piperazine rings is 1. The van der Waals surface area contributed by atoms with Gasteiger partial charge in [-0.15, -0.1) is 0 Å². The molecule has 3 aromatic rings. The van der Waals surface area contributed by atoms with Crippen molar-refractivity contribution in [2.24, 2.45) is 0 Å². The number of benzene rings is 1. The molecule has 2 aromatic heterocycles. The SMILES string of the molecule is O=C(CCCn1cncn1)N1CCN(c2cc(C(F)(F)F)nc3ccccc23)CC1. The van der Waals surface area contributed by atoms with Gasteiger partial charge in [0.25, 0.3) is 0 Å². The largest absolute Gasteiger partial charge is 0.433 e. The van der Waals surface area contributed by atoms with Gasteiger partial charge in [-0.3, -0.25) is 9.48 Å². The van der Waals surface area contributed by atoms with E-state index in [1.165, 1.54) is 6.33 Å². The fourth-order valence-corrected chi connectivity index (χ4v) is 3.66. The Labute approximate surface area is 171 Å². The average Bonchev–Trinajstić information content (AvgIpc) is 3.26. The number of aromatic nitrogens is 4. The van der Waals surface area contributed by atoms with Crippen LogP contribution in [-0.4, -0.2) is 56.7 Å². The molecule has 10 heteroatoms. The number of aryl methyl sites for hydroxylation is 1. The number of carbonyl (C=O) groups excluding carboxylic acids is 1. The van der Waals surface area contributed by atoms with Crippen LogP contribution in [-0.2, 0) is 17.5 Å². The molecule has 1 aliphatic heterocycles. The Bertz CT molecular complexity index is 1010. The Balaban J connectivity index is 1.42. The average molecular weight is 418 g/mol. The highest BCUT2D eigenvalue weighted by molar-refractivity contribution is 5.92. The number of para-hydroxylation sites is 1. The third-order valence-corrected chi connectivity index (χ3v) is 5.20. The standard InChI is InChI=1S/C20H21F3N6O/c21-20(22,23)18-12-17(15-4-1-2-5-16(15)26-18)27-8-10-28(11-9-27)19(30)6-3-7-29-14-24-13-25-29/h1-2,4-5,12-14H,3,6-11H2. The summed E-state index contributed by atoms with van der Waals surface area (Å²) >= 11 is 0. The van der Waals surface area contributed by atoms with Crippen LogP contribution < -0.4 is 4.90 Å². The van der Waals surface area contributed by atoms with Gasteiger partial charge in [-0.05, 0) is 18.6 Å². The number of pyridine rings is 1. The second-order valence-electron chi connectivity index (χ2n) is 7.17. The zero-order chi connectivity index (χ0) is 21.1. The number of rotatable bonds is 5. The number of alkyl halides is 3. The van der Waals surface area contributed by atoms with Gasteiger partial charge in [0.2, 0.25) is 5.91 Å². The first-order valence-electron chi connectivity index (χ1n) is 9.74. The number of halogens is 3. The van der Waals surface area contributed by atoms with Gasteiger partial charge in [-0.1, -0.05) is 18.2 Å². The molecule has 0 aliphatic carbocycles. The van der Waals surface area contributed by atoms with E-state index >= 15 is 0 Å². The molecule has 1 amide bonds. The second kappa shape index (κ2) is 8.29. The first-order valence-corrected chi connectivity index (χ1v) is 9.74. The number of carbonyl (C=O) groups is 1. The molecule has 0 N–H and O–H groups in total. The minimum absolute atomic E-state index is 0.0466. The van der Waals surface area contributed by atoms with E-state index in [4.69, 9.17) is 0 Å². The van der Waals surface area contributed by atoms with Crippen LogP contribution in [0, 0.1) is 0 Å². The van der Waals surface area contributed by atoms with Gasteiger partial charge in [-0.25, -0.2) is 9.97 Å². The Morgan fingerprint density at radius 2 is 1.87 bits per heavy atom. The summed E-state index contributed by atoms with van der Waals surface area (Å²) in [6.07, 6.45) is -0.394. The summed E-state index contributed by atoms with van der Waals surface area (Å²) in [4.78, 5) is 23.8. The van der Waals surface area contributed by atoms with Crippen LogP contribution in [0.25, 0.3) is 10.9 Å². The van der Waals surface area contributed by atoms with Crippen LogP contribution in [0.15, 0.2) is 43.0 Å². The third-order valence-electron chi connectivity index (χ3n) is 5.20. The Morgan fingerprint density at radius 3 is 2.57 bits per heavy atom. The molecule has 0 bridgehead atoms. The van der Waals surface area contributed by atoms with Crippen molar-refractivity contribution in [1.29, 1.82) is 0 Å². The van der Waals surface area contributed by atoms with Crippen molar-refractivity contribution in [3.63, 3.8) is 0 Å². The number of nitrogens with zero attached hydrogens (tertiary/aromatic N) is 6. The summed E-state index contributed by atoms with van der Waals surface area (Å²) in [5, 5.41) is 4.69. The summed E-state index contributed by atoms with van der Waals surface area (Å²) in [5.41, 5.74) is -0.0806. The quantitative estimate of drug-likeness (QED) is 0.637. The molecular weight excluding hydrogens is 397 g/mol. The lowest BCUT2D eigenvalue weighted by molar-refractivity contribution is -0.140. The van der Waals surface area contributed by atoms with Crippen LogP contribution in [0.3, 0.4) is 0 Å². The van der Waals surface area contributed by atoms with Crippen molar-refractivity contribution in [3.8, 4) is 0 Å². The van der Waals surface area contributed by atoms with Crippen LogP contribution in [0.1, 0.15) is 18.5 Å². The predicted molar refractivity (Wildman–Crippen MR) is 105 cm³/mol. The molecule has 1 aliphatic rings. The molecule has 0 spiro atoms. The lowest BCUT2D eigenvalue weighted by Gasteiger charge is -2.37. The van der Waals surface area contributed by atoms with E-state index in [-0.39, 0.29) is 5.91 Å². The van der Waals surface area contributed by atoms with Crippen LogP contribution in [0.2, 0.25) is 0 Å². The van der Waals surface area contributed by atoms with E-state index in [9.17, 15) is 18.0 Å². The fraction of sp³-hybridized carbons (Fsp3) is 0.400. The molecule has 158 valence electrons. The normalized spacial score (nSPS) is 15.0. The summed E-state index contributed by atoms with van der Waals surface area (Å²) in [6, 6.07) is 7.94. The smallest absolute Gasteiger partial charge is 0.367 e. The highest BCUT2D eigenvalue weighted by Crippen LogP contribution is 2.35. The van der Waals surface area contributed by atoms with Crippen molar-refractivity contribution < 1.29 is 18.0 Å². The molecule has 0 unspecified atom stereocenters. The van der Waals surface area contributed by atoms with Gasteiger partial charge < -0.3 is 9.80 Å². The molecule has 0 atom stereocenters. The zero-order valence-electron chi connectivity index (χ0n) is 16.2. The number of hydrogen-bond donors (Lipinski definition) is 0. The van der Waals surface area contributed by atoms with E-state index in [1.54, 1.807) is 40.2 Å². The van der Waals surface area contributed by atoms with Crippen molar-refractivity contribution in [3.05, 3.63) is 48.7 Å². The van der Waals surface area contributed by atoms with Gasteiger partial charge in [0.05, 0.1) is 5.52 Å². The monoisotopic (exact) mass is 418 g/mol. The summed E-state index contributed by atoms with van der Waals surface area (Å²) in [5.74, 6) is 0.0466. The van der Waals surface area contributed by atoms with Gasteiger partial charge >= 0.3 is 6.18 Å². The van der Waals surface area contributed by atoms with E-state index in [2.05, 4.69) is 15.1 Å². The van der Waals surface area contributed by atoms with Crippen LogP contribution in [0.5, 0.6) is 0 Å². The second-order valence-corrected chi connectivity index (χ2v) is 7.17. The van der Waals surface area contributed by atoms with E-state index < -0.39 is 11.9 Å². The molecule has 7 nitrogen and oxygen atoms in total. The highest BCUT2D eigenvalue weighted by atomic mass is 19.4. The predicted octanol–water partition coefficient (Wildman–Crippen LogP) is 2.97. The Hall–Kier alpha value is -3.17. The van der Waals surface area contributed by atoms with Gasteiger partial charge in [0.15, 0.2) is 0 Å². The summed E-state index contributed by atoms with van der Waals surface area (Å²) in [7, 11) is 0. The molecule has 1 fully saturated rings. The molecule has 30 heavy (non-hydrogen) atoms. The third kappa shape index (κ3) is 4.37. The molecule has 4 rings (SSSR count). The van der Waals surface area contributed by atoms with E-state index in [1.807, 2.05) is 4.90 Å². The van der Waals surface area contributed by atoms with Gasteiger partial charge in [0, 0.05) is 50.2 Å².